The van der Waals surface area contributed by atoms with Crippen molar-refractivity contribution in [1.82, 2.24) is 9.62 Å². The largest absolute Gasteiger partial charge is 0.342 e. The fourth-order valence-electron chi connectivity index (χ4n) is 1.77. The molecule has 0 aliphatic carbocycles. The van der Waals surface area contributed by atoms with Gasteiger partial charge in [-0.15, -0.1) is 0 Å². The summed E-state index contributed by atoms with van der Waals surface area (Å²) in [5, 5.41) is 0. The first-order valence-corrected chi connectivity index (χ1v) is 7.65. The summed E-state index contributed by atoms with van der Waals surface area (Å²) in [5.41, 5.74) is 5.24. The summed E-state index contributed by atoms with van der Waals surface area (Å²) in [5.74, 6) is -0.155. The van der Waals surface area contributed by atoms with Crippen LogP contribution in [0.25, 0.3) is 0 Å². The molecule has 1 amide bonds. The second kappa shape index (κ2) is 6.93. The molecule has 0 unspecified atom stereocenters. The number of likely N-dealkylation sites (tertiary alicyclic amines) is 1. The molecular formula is C10H21N3O3S. The minimum atomic E-state index is -3.35. The first-order valence-electron chi connectivity index (χ1n) is 6.00. The quantitative estimate of drug-likeness (QED) is 0.660. The molecule has 1 aliphatic heterocycles. The van der Waals surface area contributed by atoms with Crippen molar-refractivity contribution in [3.63, 3.8) is 0 Å². The van der Waals surface area contributed by atoms with Crippen LogP contribution in [0.5, 0.6) is 0 Å². The van der Waals surface area contributed by atoms with Gasteiger partial charge in [0, 0.05) is 13.1 Å². The molecular weight excluding hydrogens is 242 g/mol. The van der Waals surface area contributed by atoms with Gasteiger partial charge in [0.1, 0.15) is 0 Å². The number of nitrogens with one attached hydrogen (secondary N) is 1. The molecule has 0 bridgehead atoms. The van der Waals surface area contributed by atoms with Crippen molar-refractivity contribution >= 4 is 15.9 Å². The van der Waals surface area contributed by atoms with Crippen LogP contribution in [-0.4, -0.2) is 51.2 Å². The molecule has 0 aromatic rings. The van der Waals surface area contributed by atoms with Crippen LogP contribution < -0.4 is 10.5 Å². The van der Waals surface area contributed by atoms with Crippen LogP contribution in [0.4, 0.5) is 0 Å². The lowest BCUT2D eigenvalue weighted by Crippen LogP contribution is -2.43. The Kier molecular flexibility index (Phi) is 5.87. The molecule has 1 saturated heterocycles. The second-order valence-corrected chi connectivity index (χ2v) is 6.15. The van der Waals surface area contributed by atoms with Gasteiger partial charge in [0.05, 0.1) is 12.3 Å². The van der Waals surface area contributed by atoms with Crippen LogP contribution in [0.3, 0.4) is 0 Å². The van der Waals surface area contributed by atoms with Gasteiger partial charge in [-0.25, -0.2) is 13.1 Å². The Morgan fingerprint density at radius 2 is 1.88 bits per heavy atom. The van der Waals surface area contributed by atoms with Gasteiger partial charge in [-0.1, -0.05) is 0 Å². The molecule has 0 radical (unpaired) electrons. The molecule has 7 heteroatoms. The van der Waals surface area contributed by atoms with E-state index in [-0.39, 0.29) is 18.2 Å². The van der Waals surface area contributed by atoms with Gasteiger partial charge in [-0.2, -0.15) is 0 Å². The summed E-state index contributed by atoms with van der Waals surface area (Å²) in [4.78, 5) is 13.4. The normalized spacial score (nSPS) is 17.1. The Bertz CT molecular complexity index is 337. The number of sulfonamides is 1. The molecule has 1 aliphatic rings. The highest BCUT2D eigenvalue weighted by Crippen LogP contribution is 2.08. The molecule has 1 fully saturated rings. The van der Waals surface area contributed by atoms with Gasteiger partial charge in [-0.3, -0.25) is 4.79 Å². The van der Waals surface area contributed by atoms with Crippen LogP contribution in [0.1, 0.15) is 25.7 Å². The van der Waals surface area contributed by atoms with Crippen LogP contribution in [0.15, 0.2) is 0 Å². The van der Waals surface area contributed by atoms with E-state index in [1.54, 1.807) is 4.90 Å². The monoisotopic (exact) mass is 263 g/mol. The standard InChI is InChI=1S/C10H21N3O3S/c11-5-4-8-17(15,16)12-9-10(14)13-6-2-1-3-7-13/h12H,1-9,11H2. The maximum absolute atomic E-state index is 11.7. The van der Waals surface area contributed by atoms with Crippen LogP contribution in [-0.2, 0) is 14.8 Å². The Balaban J connectivity index is 2.31. The fourth-order valence-corrected chi connectivity index (χ4v) is 2.81. The summed E-state index contributed by atoms with van der Waals surface area (Å²) < 4.78 is 25.2. The number of piperidine rings is 1. The lowest BCUT2D eigenvalue weighted by molar-refractivity contribution is -0.130. The highest BCUT2D eigenvalue weighted by atomic mass is 32.2. The van der Waals surface area contributed by atoms with Gasteiger partial charge >= 0.3 is 0 Å². The Morgan fingerprint density at radius 3 is 2.47 bits per heavy atom. The third kappa shape index (κ3) is 5.47. The van der Waals surface area contributed by atoms with E-state index in [2.05, 4.69) is 4.72 Å². The SMILES string of the molecule is NCCCS(=O)(=O)NCC(=O)N1CCCCC1. The fraction of sp³-hybridized carbons (Fsp3) is 0.900. The maximum Gasteiger partial charge on any atom is 0.237 e. The first-order chi connectivity index (χ1) is 8.05. The molecule has 0 aromatic heterocycles. The van der Waals surface area contributed by atoms with E-state index in [9.17, 15) is 13.2 Å². The number of nitrogens with zero attached hydrogens (tertiary/aromatic N) is 1. The Hall–Kier alpha value is -0.660. The van der Waals surface area contributed by atoms with Crippen LogP contribution in [0, 0.1) is 0 Å². The highest BCUT2D eigenvalue weighted by molar-refractivity contribution is 7.89. The van der Waals surface area contributed by atoms with Gasteiger partial charge in [0.2, 0.25) is 15.9 Å². The zero-order chi connectivity index (χ0) is 12.7. The summed E-state index contributed by atoms with van der Waals surface area (Å²) >= 11 is 0. The van der Waals surface area contributed by atoms with Crippen molar-refractivity contribution in [2.24, 2.45) is 5.73 Å². The molecule has 0 aromatic carbocycles. The number of hydrogen-bond donors (Lipinski definition) is 2. The summed E-state index contributed by atoms with van der Waals surface area (Å²) in [6.07, 6.45) is 3.57. The molecule has 17 heavy (non-hydrogen) atoms. The van der Waals surface area contributed by atoms with E-state index in [1.807, 2.05) is 0 Å². The van der Waals surface area contributed by atoms with Crippen molar-refractivity contribution < 1.29 is 13.2 Å². The molecule has 0 atom stereocenters. The molecule has 0 spiro atoms. The van der Waals surface area contributed by atoms with Gasteiger partial charge < -0.3 is 10.6 Å². The van der Waals surface area contributed by atoms with Crippen molar-refractivity contribution in [3.05, 3.63) is 0 Å². The lowest BCUT2D eigenvalue weighted by Gasteiger charge is -2.26. The predicted octanol–water partition coefficient (Wildman–Crippen LogP) is -0.733. The number of amides is 1. The van der Waals surface area contributed by atoms with E-state index >= 15 is 0 Å². The maximum atomic E-state index is 11.7. The molecule has 1 rings (SSSR count). The number of carbonyl (C=O) groups excluding carboxylic acids is 1. The number of hydrogen-bond acceptors (Lipinski definition) is 4. The van der Waals surface area contributed by atoms with E-state index in [4.69, 9.17) is 5.73 Å². The van der Waals surface area contributed by atoms with Gasteiger partial charge in [0.15, 0.2) is 0 Å². The van der Waals surface area contributed by atoms with Gasteiger partial charge in [0.25, 0.3) is 0 Å². The molecule has 100 valence electrons. The Labute approximate surface area is 103 Å². The molecule has 6 nitrogen and oxygen atoms in total. The van der Waals surface area contributed by atoms with E-state index < -0.39 is 10.0 Å². The van der Waals surface area contributed by atoms with Crippen LogP contribution in [0.2, 0.25) is 0 Å². The van der Waals surface area contributed by atoms with Crippen molar-refractivity contribution in [2.75, 3.05) is 31.9 Å². The minimum Gasteiger partial charge on any atom is -0.342 e. The summed E-state index contributed by atoms with van der Waals surface area (Å²) in [7, 11) is -3.35. The van der Waals surface area contributed by atoms with E-state index in [0.29, 0.717) is 13.0 Å². The van der Waals surface area contributed by atoms with Crippen molar-refractivity contribution in [2.45, 2.75) is 25.7 Å². The molecule has 3 N–H and O–H groups in total. The average molecular weight is 263 g/mol. The second-order valence-electron chi connectivity index (χ2n) is 4.22. The third-order valence-corrected chi connectivity index (χ3v) is 4.18. The van der Waals surface area contributed by atoms with Crippen LogP contribution >= 0.6 is 0 Å². The van der Waals surface area contributed by atoms with E-state index in [0.717, 1.165) is 32.4 Å². The topological polar surface area (TPSA) is 92.5 Å². The molecule has 1 heterocycles. The number of rotatable bonds is 6. The molecule has 0 saturated carbocycles. The lowest BCUT2D eigenvalue weighted by atomic mass is 10.1. The van der Waals surface area contributed by atoms with Crippen molar-refractivity contribution in [1.29, 1.82) is 0 Å². The average Bonchev–Trinajstić information content (AvgIpc) is 2.35. The zero-order valence-corrected chi connectivity index (χ0v) is 10.8. The number of carbonyl (C=O) groups is 1. The predicted molar refractivity (Wildman–Crippen MR) is 65.9 cm³/mol. The minimum absolute atomic E-state index is 0.0171. The van der Waals surface area contributed by atoms with Crippen molar-refractivity contribution in [3.8, 4) is 0 Å². The number of nitrogens with two attached hydrogens (primary N) is 1. The summed E-state index contributed by atoms with van der Waals surface area (Å²) in [6.45, 7) is 1.68. The van der Waals surface area contributed by atoms with Gasteiger partial charge in [-0.05, 0) is 32.2 Å². The van der Waals surface area contributed by atoms with E-state index in [1.165, 1.54) is 0 Å². The first kappa shape index (κ1) is 14.4. The zero-order valence-electron chi connectivity index (χ0n) is 10.0. The third-order valence-electron chi connectivity index (χ3n) is 2.77. The highest BCUT2D eigenvalue weighted by Gasteiger charge is 2.18. The Morgan fingerprint density at radius 1 is 1.24 bits per heavy atom. The smallest absolute Gasteiger partial charge is 0.237 e. The summed E-state index contributed by atoms with van der Waals surface area (Å²) in [6, 6.07) is 0.